The number of hydrogen-bond acceptors (Lipinski definition) is 3. The number of nitrogens with one attached hydrogen (secondary N) is 1. The van der Waals surface area contributed by atoms with Gasteiger partial charge in [-0.05, 0) is 24.6 Å². The van der Waals surface area contributed by atoms with Crippen LogP contribution in [0.1, 0.15) is 39.5 Å². The molecule has 3 nitrogen and oxygen atoms in total. The molecule has 1 rings (SSSR count). The highest BCUT2D eigenvalue weighted by Crippen LogP contribution is 2.18. The van der Waals surface area contributed by atoms with Crippen LogP contribution in [0.4, 0.5) is 11.4 Å². The lowest BCUT2D eigenvalue weighted by atomic mass is 10.0. The lowest BCUT2D eigenvalue weighted by molar-refractivity contribution is 0.136. The van der Waals surface area contributed by atoms with Crippen LogP contribution in [-0.2, 0) is 0 Å². The topological polar surface area (TPSA) is 58.3 Å². The van der Waals surface area contributed by atoms with Crippen molar-refractivity contribution >= 4 is 11.4 Å². The predicted molar refractivity (Wildman–Crippen MR) is 73.8 cm³/mol. The van der Waals surface area contributed by atoms with Crippen molar-refractivity contribution in [3.63, 3.8) is 0 Å². The maximum Gasteiger partial charge on any atom is 0.127 e. The largest absolute Gasteiger partial charge is 0.399 e. The average Bonchev–Trinajstić information content (AvgIpc) is 2.29. The maximum atomic E-state index is 10.0. The van der Waals surface area contributed by atoms with Crippen LogP contribution in [0.5, 0.6) is 0 Å². The van der Waals surface area contributed by atoms with E-state index in [1.54, 1.807) is 0 Å². The van der Waals surface area contributed by atoms with E-state index in [2.05, 4.69) is 19.2 Å². The van der Waals surface area contributed by atoms with Gasteiger partial charge in [-0.3, -0.25) is 0 Å². The first kappa shape index (κ1) is 13.8. The zero-order chi connectivity index (χ0) is 12.7. The van der Waals surface area contributed by atoms with Gasteiger partial charge >= 0.3 is 0 Å². The number of unbranched alkanes of at least 4 members (excludes halogenated alkanes) is 2. The van der Waals surface area contributed by atoms with Gasteiger partial charge in [0.2, 0.25) is 0 Å². The summed E-state index contributed by atoms with van der Waals surface area (Å²) in [6, 6.07) is 7.47. The number of nitrogens with two attached hydrogens (primary N) is 1. The Bertz CT molecular complexity index is 328. The number of anilines is 2. The van der Waals surface area contributed by atoms with Crippen molar-refractivity contribution in [3.05, 3.63) is 24.3 Å². The first-order chi connectivity index (χ1) is 8.13. The van der Waals surface area contributed by atoms with E-state index in [0.717, 1.165) is 12.1 Å². The molecule has 1 aromatic rings. The summed E-state index contributed by atoms with van der Waals surface area (Å²) in [6.45, 7) is 4.26. The molecule has 0 aliphatic carbocycles. The van der Waals surface area contributed by atoms with E-state index in [1.165, 1.54) is 19.3 Å². The third-order valence-corrected chi connectivity index (χ3v) is 3.00. The van der Waals surface area contributed by atoms with Crippen LogP contribution >= 0.6 is 0 Å². The second-order valence-electron chi connectivity index (χ2n) is 4.69. The van der Waals surface area contributed by atoms with Crippen molar-refractivity contribution < 1.29 is 5.11 Å². The van der Waals surface area contributed by atoms with Crippen LogP contribution in [0.2, 0.25) is 0 Å². The molecule has 0 heterocycles. The fraction of sp³-hybridized carbons (Fsp3) is 0.571. The summed E-state index contributed by atoms with van der Waals surface area (Å²) in [7, 11) is 0. The Morgan fingerprint density at radius 1 is 1.35 bits per heavy atom. The van der Waals surface area contributed by atoms with E-state index >= 15 is 0 Å². The van der Waals surface area contributed by atoms with Gasteiger partial charge in [0.1, 0.15) is 6.23 Å². The number of hydrogen-bond donors (Lipinski definition) is 3. The Morgan fingerprint density at radius 3 is 2.76 bits per heavy atom. The molecule has 96 valence electrons. The molecule has 0 spiro atoms. The standard InChI is InChI=1S/C14H24N2O/c1-3-4-5-7-11(2)14(17)16-13-9-6-8-12(15)10-13/h6,8-11,14,16-17H,3-5,7,15H2,1-2H3/t11?,14-/m1/s1. The van der Waals surface area contributed by atoms with Crippen molar-refractivity contribution in [3.8, 4) is 0 Å². The molecule has 3 heteroatoms. The number of benzene rings is 1. The highest BCUT2D eigenvalue weighted by molar-refractivity contribution is 5.54. The van der Waals surface area contributed by atoms with Gasteiger partial charge in [-0.15, -0.1) is 0 Å². The van der Waals surface area contributed by atoms with Gasteiger partial charge in [-0.25, -0.2) is 0 Å². The van der Waals surface area contributed by atoms with E-state index in [1.807, 2.05) is 24.3 Å². The zero-order valence-corrected chi connectivity index (χ0v) is 10.8. The molecule has 0 fully saturated rings. The molecule has 0 saturated heterocycles. The molecule has 2 atom stereocenters. The third kappa shape index (κ3) is 5.09. The number of aliphatic hydroxyl groups excluding tert-OH is 1. The van der Waals surface area contributed by atoms with E-state index in [0.29, 0.717) is 5.69 Å². The van der Waals surface area contributed by atoms with Crippen molar-refractivity contribution in [2.45, 2.75) is 45.8 Å². The van der Waals surface area contributed by atoms with Crippen LogP contribution in [0.15, 0.2) is 24.3 Å². The van der Waals surface area contributed by atoms with Crippen LogP contribution in [0, 0.1) is 5.92 Å². The first-order valence-corrected chi connectivity index (χ1v) is 6.43. The molecule has 1 aromatic carbocycles. The van der Waals surface area contributed by atoms with E-state index < -0.39 is 6.23 Å². The Kier molecular flexibility index (Phi) is 5.84. The van der Waals surface area contributed by atoms with E-state index in [9.17, 15) is 5.11 Å². The molecule has 1 unspecified atom stereocenters. The predicted octanol–water partition coefficient (Wildman–Crippen LogP) is 3.22. The highest BCUT2D eigenvalue weighted by Gasteiger charge is 2.13. The summed E-state index contributed by atoms with van der Waals surface area (Å²) in [6.07, 6.45) is 4.16. The molecule has 4 N–H and O–H groups in total. The first-order valence-electron chi connectivity index (χ1n) is 6.43. The fourth-order valence-electron chi connectivity index (χ4n) is 1.82. The Balaban J connectivity index is 2.39. The molecular weight excluding hydrogens is 212 g/mol. The van der Waals surface area contributed by atoms with Gasteiger partial charge in [-0.2, -0.15) is 0 Å². The molecule has 0 aliphatic rings. The van der Waals surface area contributed by atoms with Gasteiger partial charge in [0, 0.05) is 17.3 Å². The lowest BCUT2D eigenvalue weighted by Gasteiger charge is -2.21. The van der Waals surface area contributed by atoms with Crippen molar-refractivity contribution in [1.82, 2.24) is 0 Å². The Hall–Kier alpha value is -1.22. The van der Waals surface area contributed by atoms with Crippen molar-refractivity contribution in [2.24, 2.45) is 5.92 Å². The minimum Gasteiger partial charge on any atom is -0.399 e. The molecule has 0 radical (unpaired) electrons. The van der Waals surface area contributed by atoms with Crippen LogP contribution in [-0.4, -0.2) is 11.3 Å². The minimum atomic E-state index is -0.506. The van der Waals surface area contributed by atoms with Gasteiger partial charge < -0.3 is 16.2 Å². The van der Waals surface area contributed by atoms with Crippen molar-refractivity contribution in [1.29, 1.82) is 0 Å². The van der Waals surface area contributed by atoms with Crippen LogP contribution in [0.3, 0.4) is 0 Å². The fourth-order valence-corrected chi connectivity index (χ4v) is 1.82. The Morgan fingerprint density at radius 2 is 2.12 bits per heavy atom. The quantitative estimate of drug-likeness (QED) is 0.387. The molecule has 0 amide bonds. The number of aliphatic hydroxyl groups is 1. The molecule has 0 aliphatic heterocycles. The summed E-state index contributed by atoms with van der Waals surface area (Å²) in [4.78, 5) is 0. The molecule has 0 aromatic heterocycles. The molecular formula is C14H24N2O. The summed E-state index contributed by atoms with van der Waals surface area (Å²) in [5.41, 5.74) is 7.27. The smallest absolute Gasteiger partial charge is 0.127 e. The SMILES string of the molecule is CCCCCC(C)[C@@H](O)Nc1cccc(N)c1. The van der Waals surface area contributed by atoms with Crippen LogP contribution in [0.25, 0.3) is 0 Å². The Labute approximate surface area is 104 Å². The average molecular weight is 236 g/mol. The summed E-state index contributed by atoms with van der Waals surface area (Å²) in [5.74, 6) is 0.253. The monoisotopic (exact) mass is 236 g/mol. The van der Waals surface area contributed by atoms with Crippen molar-refractivity contribution in [2.75, 3.05) is 11.1 Å². The second-order valence-corrected chi connectivity index (χ2v) is 4.69. The lowest BCUT2D eigenvalue weighted by Crippen LogP contribution is -2.26. The summed E-state index contributed by atoms with van der Waals surface area (Å²) < 4.78 is 0. The number of nitrogen functional groups attached to an aromatic ring is 1. The van der Waals surface area contributed by atoms with Gasteiger partial charge in [-0.1, -0.05) is 39.2 Å². The maximum absolute atomic E-state index is 10.0. The number of rotatable bonds is 7. The second kappa shape index (κ2) is 7.17. The van der Waals surface area contributed by atoms with Crippen LogP contribution < -0.4 is 11.1 Å². The highest BCUT2D eigenvalue weighted by atomic mass is 16.3. The summed E-state index contributed by atoms with van der Waals surface area (Å²) in [5, 5.41) is 13.1. The van der Waals surface area contributed by atoms with E-state index in [-0.39, 0.29) is 5.92 Å². The van der Waals surface area contributed by atoms with E-state index in [4.69, 9.17) is 5.73 Å². The molecule has 17 heavy (non-hydrogen) atoms. The molecule has 0 bridgehead atoms. The summed E-state index contributed by atoms with van der Waals surface area (Å²) >= 11 is 0. The third-order valence-electron chi connectivity index (χ3n) is 3.00. The molecule has 0 saturated carbocycles. The normalized spacial score (nSPS) is 14.3. The van der Waals surface area contributed by atoms with Gasteiger partial charge in [0.05, 0.1) is 0 Å². The van der Waals surface area contributed by atoms with Gasteiger partial charge in [0.25, 0.3) is 0 Å². The van der Waals surface area contributed by atoms with Gasteiger partial charge in [0.15, 0.2) is 0 Å². The zero-order valence-electron chi connectivity index (χ0n) is 10.8. The minimum absolute atomic E-state index is 0.253.